The van der Waals surface area contributed by atoms with Crippen molar-refractivity contribution >= 4 is 0 Å². The summed E-state index contributed by atoms with van der Waals surface area (Å²) < 4.78 is 5.19. The van der Waals surface area contributed by atoms with E-state index in [9.17, 15) is 0 Å². The van der Waals surface area contributed by atoms with Crippen LogP contribution in [0.2, 0.25) is 0 Å². The molecule has 90 valence electrons. The van der Waals surface area contributed by atoms with Gasteiger partial charge in [-0.05, 0) is 31.0 Å². The van der Waals surface area contributed by atoms with Crippen molar-refractivity contribution in [2.75, 3.05) is 6.54 Å². The highest BCUT2D eigenvalue weighted by atomic mass is 16.5. The van der Waals surface area contributed by atoms with Gasteiger partial charge in [0.25, 0.3) is 0 Å². The van der Waals surface area contributed by atoms with E-state index in [1.807, 2.05) is 12.1 Å². The van der Waals surface area contributed by atoms with Crippen molar-refractivity contribution in [1.82, 2.24) is 15.1 Å². The fraction of sp³-hybridized carbons (Fsp3) is 0.417. The first-order valence-electron chi connectivity index (χ1n) is 5.72. The van der Waals surface area contributed by atoms with E-state index in [0.717, 1.165) is 18.4 Å². The molecule has 5 nitrogen and oxygen atoms in total. The van der Waals surface area contributed by atoms with Crippen molar-refractivity contribution < 1.29 is 4.52 Å². The molecule has 0 amide bonds. The first kappa shape index (κ1) is 11.7. The number of aryl methyl sites for hydroxylation is 1. The van der Waals surface area contributed by atoms with Crippen LogP contribution in [-0.4, -0.2) is 21.7 Å². The van der Waals surface area contributed by atoms with Crippen molar-refractivity contribution in [3.63, 3.8) is 0 Å². The molecule has 2 rings (SSSR count). The third kappa shape index (κ3) is 3.10. The zero-order valence-electron chi connectivity index (χ0n) is 9.84. The minimum Gasteiger partial charge on any atom is -0.339 e. The van der Waals surface area contributed by atoms with Gasteiger partial charge in [0.15, 0.2) is 0 Å². The van der Waals surface area contributed by atoms with Crippen molar-refractivity contribution in [2.45, 2.75) is 19.8 Å². The van der Waals surface area contributed by atoms with Gasteiger partial charge in [0, 0.05) is 24.4 Å². The summed E-state index contributed by atoms with van der Waals surface area (Å²) in [4.78, 5) is 8.29. The van der Waals surface area contributed by atoms with E-state index < -0.39 is 0 Å². The molecule has 0 spiro atoms. The predicted molar refractivity (Wildman–Crippen MR) is 64.1 cm³/mol. The van der Waals surface area contributed by atoms with Crippen LogP contribution in [0.3, 0.4) is 0 Å². The SMILES string of the molecule is CC(CN)CCc1nc(-c2ccncc2)no1. The van der Waals surface area contributed by atoms with Crippen molar-refractivity contribution in [3.05, 3.63) is 30.4 Å². The smallest absolute Gasteiger partial charge is 0.226 e. The van der Waals surface area contributed by atoms with Crippen LogP contribution in [0.5, 0.6) is 0 Å². The fourth-order valence-electron chi connectivity index (χ4n) is 1.46. The Kier molecular flexibility index (Phi) is 3.82. The monoisotopic (exact) mass is 232 g/mol. The van der Waals surface area contributed by atoms with Crippen LogP contribution in [-0.2, 0) is 6.42 Å². The van der Waals surface area contributed by atoms with Gasteiger partial charge in [0.2, 0.25) is 11.7 Å². The molecule has 2 heterocycles. The topological polar surface area (TPSA) is 77.8 Å². The fourth-order valence-corrected chi connectivity index (χ4v) is 1.46. The van der Waals surface area contributed by atoms with E-state index in [0.29, 0.717) is 24.2 Å². The summed E-state index contributed by atoms with van der Waals surface area (Å²) in [6.45, 7) is 2.80. The van der Waals surface area contributed by atoms with E-state index in [1.165, 1.54) is 0 Å². The van der Waals surface area contributed by atoms with Gasteiger partial charge >= 0.3 is 0 Å². The molecule has 0 aliphatic heterocycles. The number of nitrogens with zero attached hydrogens (tertiary/aromatic N) is 3. The number of pyridine rings is 1. The van der Waals surface area contributed by atoms with Gasteiger partial charge in [-0.15, -0.1) is 0 Å². The lowest BCUT2D eigenvalue weighted by Crippen LogP contribution is -2.11. The number of aromatic nitrogens is 3. The van der Waals surface area contributed by atoms with Crippen molar-refractivity contribution in [2.24, 2.45) is 11.7 Å². The maximum atomic E-state index is 5.56. The molecular formula is C12H16N4O. The first-order chi connectivity index (χ1) is 8.29. The third-order valence-corrected chi connectivity index (χ3v) is 2.66. The summed E-state index contributed by atoms with van der Waals surface area (Å²) >= 11 is 0. The molecular weight excluding hydrogens is 216 g/mol. The highest BCUT2D eigenvalue weighted by Gasteiger charge is 2.09. The number of hydrogen-bond donors (Lipinski definition) is 1. The van der Waals surface area contributed by atoms with Crippen LogP contribution in [0.4, 0.5) is 0 Å². The van der Waals surface area contributed by atoms with Crippen LogP contribution in [0.1, 0.15) is 19.2 Å². The van der Waals surface area contributed by atoms with Crippen LogP contribution >= 0.6 is 0 Å². The standard InChI is InChI=1S/C12H16N4O/c1-9(8-13)2-3-11-15-12(16-17-11)10-4-6-14-7-5-10/h4-7,9H,2-3,8,13H2,1H3. The third-order valence-electron chi connectivity index (χ3n) is 2.66. The summed E-state index contributed by atoms with van der Waals surface area (Å²) in [5.74, 6) is 1.76. The van der Waals surface area contributed by atoms with Gasteiger partial charge in [-0.1, -0.05) is 12.1 Å². The molecule has 2 aromatic heterocycles. The van der Waals surface area contributed by atoms with Gasteiger partial charge in [-0.25, -0.2) is 0 Å². The highest BCUT2D eigenvalue weighted by Crippen LogP contribution is 2.15. The van der Waals surface area contributed by atoms with Gasteiger partial charge in [0.05, 0.1) is 0 Å². The molecule has 1 atom stereocenters. The second kappa shape index (κ2) is 5.54. The van der Waals surface area contributed by atoms with E-state index in [4.69, 9.17) is 10.3 Å². The van der Waals surface area contributed by atoms with Gasteiger partial charge in [0.1, 0.15) is 0 Å². The van der Waals surface area contributed by atoms with E-state index in [1.54, 1.807) is 12.4 Å². The number of rotatable bonds is 5. The normalized spacial score (nSPS) is 12.6. The lowest BCUT2D eigenvalue weighted by Gasteiger charge is -2.03. The Hall–Kier alpha value is -1.75. The largest absolute Gasteiger partial charge is 0.339 e. The molecule has 0 saturated carbocycles. The molecule has 0 saturated heterocycles. The van der Waals surface area contributed by atoms with E-state index in [-0.39, 0.29) is 0 Å². The molecule has 1 unspecified atom stereocenters. The lowest BCUT2D eigenvalue weighted by atomic mass is 10.1. The van der Waals surface area contributed by atoms with Gasteiger partial charge < -0.3 is 10.3 Å². The number of hydrogen-bond acceptors (Lipinski definition) is 5. The molecule has 0 fully saturated rings. The highest BCUT2D eigenvalue weighted by molar-refractivity contribution is 5.52. The minimum absolute atomic E-state index is 0.478. The molecule has 17 heavy (non-hydrogen) atoms. The average molecular weight is 232 g/mol. The minimum atomic E-state index is 0.478. The van der Waals surface area contributed by atoms with E-state index in [2.05, 4.69) is 22.0 Å². The Morgan fingerprint density at radius 2 is 2.12 bits per heavy atom. The first-order valence-corrected chi connectivity index (χ1v) is 5.72. The summed E-state index contributed by atoms with van der Waals surface area (Å²) in [5.41, 5.74) is 6.48. The summed E-state index contributed by atoms with van der Waals surface area (Å²) in [6.07, 6.45) is 5.16. The molecule has 0 bridgehead atoms. The maximum Gasteiger partial charge on any atom is 0.226 e. The number of nitrogens with two attached hydrogens (primary N) is 1. The predicted octanol–water partition coefficient (Wildman–Crippen LogP) is 1.66. The van der Waals surface area contributed by atoms with E-state index >= 15 is 0 Å². The van der Waals surface area contributed by atoms with Crippen LogP contribution in [0.25, 0.3) is 11.4 Å². The second-order valence-corrected chi connectivity index (χ2v) is 4.13. The Labute approximate surface area is 100 Å². The molecule has 0 aromatic carbocycles. The summed E-state index contributed by atoms with van der Waals surface area (Å²) in [6, 6.07) is 3.72. The summed E-state index contributed by atoms with van der Waals surface area (Å²) in [5, 5.41) is 3.95. The molecule has 0 radical (unpaired) electrons. The molecule has 2 N–H and O–H groups in total. The zero-order chi connectivity index (χ0) is 12.1. The van der Waals surface area contributed by atoms with Crippen LogP contribution in [0.15, 0.2) is 29.0 Å². The Morgan fingerprint density at radius 3 is 2.82 bits per heavy atom. The molecule has 5 heteroatoms. The van der Waals surface area contributed by atoms with Crippen molar-refractivity contribution in [1.29, 1.82) is 0 Å². The van der Waals surface area contributed by atoms with Crippen molar-refractivity contribution in [3.8, 4) is 11.4 Å². The maximum absolute atomic E-state index is 5.56. The van der Waals surface area contributed by atoms with Gasteiger partial charge in [-0.2, -0.15) is 4.98 Å². The molecule has 0 aliphatic carbocycles. The quantitative estimate of drug-likeness (QED) is 0.848. The van der Waals surface area contributed by atoms with Crippen LogP contribution in [0, 0.1) is 5.92 Å². The summed E-state index contributed by atoms with van der Waals surface area (Å²) in [7, 11) is 0. The lowest BCUT2D eigenvalue weighted by molar-refractivity contribution is 0.366. The Bertz CT molecular complexity index is 455. The molecule has 2 aromatic rings. The Morgan fingerprint density at radius 1 is 1.35 bits per heavy atom. The second-order valence-electron chi connectivity index (χ2n) is 4.13. The molecule has 0 aliphatic rings. The zero-order valence-corrected chi connectivity index (χ0v) is 9.84. The van der Waals surface area contributed by atoms with Crippen LogP contribution < -0.4 is 5.73 Å². The van der Waals surface area contributed by atoms with Gasteiger partial charge in [-0.3, -0.25) is 4.98 Å². The average Bonchev–Trinajstić information content (AvgIpc) is 2.86. The Balaban J connectivity index is 2.01.